The molecule has 3 rings (SSSR count). The van der Waals surface area contributed by atoms with Crippen molar-refractivity contribution in [1.29, 1.82) is 5.26 Å². The molecule has 2 heterocycles. The zero-order valence-corrected chi connectivity index (χ0v) is 13.7. The Morgan fingerprint density at radius 2 is 2.04 bits per heavy atom. The van der Waals surface area contributed by atoms with Crippen LogP contribution in [0.1, 0.15) is 35.8 Å². The highest BCUT2D eigenvalue weighted by Gasteiger charge is 2.22. The lowest BCUT2D eigenvalue weighted by Gasteiger charge is -2.30. The second kappa shape index (κ2) is 7.14. The van der Waals surface area contributed by atoms with Gasteiger partial charge in [0.25, 0.3) is 5.91 Å². The molecule has 0 aliphatic carbocycles. The molecule has 24 heavy (non-hydrogen) atoms. The van der Waals surface area contributed by atoms with Crippen molar-refractivity contribution in [2.75, 3.05) is 18.4 Å². The standard InChI is InChI=1S/C19H20N4O/c1-14-7-9-23(10-8-14)19(24)18-6-5-17(13-21-18)22-16-4-2-3-15(11-16)12-20/h2-6,11,13-14,22H,7-10H2,1H3. The summed E-state index contributed by atoms with van der Waals surface area (Å²) in [5.74, 6) is 0.692. The Bertz CT molecular complexity index is 756. The summed E-state index contributed by atoms with van der Waals surface area (Å²) in [5.41, 5.74) is 2.67. The Kier molecular flexibility index (Phi) is 4.76. The van der Waals surface area contributed by atoms with Crippen LogP contribution in [0.4, 0.5) is 11.4 Å². The van der Waals surface area contributed by atoms with E-state index in [4.69, 9.17) is 5.26 Å². The van der Waals surface area contributed by atoms with Gasteiger partial charge in [0.05, 0.1) is 23.5 Å². The van der Waals surface area contributed by atoms with E-state index in [1.165, 1.54) is 0 Å². The van der Waals surface area contributed by atoms with Crippen molar-refractivity contribution in [1.82, 2.24) is 9.88 Å². The van der Waals surface area contributed by atoms with E-state index in [1.54, 1.807) is 24.4 Å². The van der Waals surface area contributed by atoms with Crippen molar-refractivity contribution < 1.29 is 4.79 Å². The Morgan fingerprint density at radius 3 is 2.71 bits per heavy atom. The van der Waals surface area contributed by atoms with E-state index < -0.39 is 0 Å². The van der Waals surface area contributed by atoms with Crippen LogP contribution in [0.3, 0.4) is 0 Å². The van der Waals surface area contributed by atoms with Crippen molar-refractivity contribution in [3.05, 3.63) is 53.9 Å². The van der Waals surface area contributed by atoms with Crippen LogP contribution in [0.2, 0.25) is 0 Å². The minimum absolute atomic E-state index is 0.0000668. The molecule has 0 unspecified atom stereocenters. The van der Waals surface area contributed by atoms with Crippen molar-refractivity contribution >= 4 is 17.3 Å². The predicted molar refractivity (Wildman–Crippen MR) is 93.0 cm³/mol. The highest BCUT2D eigenvalue weighted by Crippen LogP contribution is 2.20. The maximum absolute atomic E-state index is 12.5. The molecule has 122 valence electrons. The van der Waals surface area contributed by atoms with Crippen LogP contribution < -0.4 is 5.32 Å². The maximum atomic E-state index is 12.5. The molecule has 1 aliphatic rings. The first kappa shape index (κ1) is 16.0. The minimum atomic E-state index is -0.0000668. The summed E-state index contributed by atoms with van der Waals surface area (Å²) in [5, 5.41) is 12.1. The number of carbonyl (C=O) groups is 1. The number of carbonyl (C=O) groups excluding carboxylic acids is 1. The van der Waals surface area contributed by atoms with Crippen LogP contribution in [0.25, 0.3) is 0 Å². The molecule has 1 saturated heterocycles. The summed E-state index contributed by atoms with van der Waals surface area (Å²) < 4.78 is 0. The van der Waals surface area contributed by atoms with Gasteiger partial charge < -0.3 is 10.2 Å². The monoisotopic (exact) mass is 320 g/mol. The van der Waals surface area contributed by atoms with E-state index in [2.05, 4.69) is 23.3 Å². The molecule has 1 aromatic heterocycles. The van der Waals surface area contributed by atoms with Gasteiger partial charge >= 0.3 is 0 Å². The molecule has 0 saturated carbocycles. The minimum Gasteiger partial charge on any atom is -0.354 e. The number of hydrogen-bond donors (Lipinski definition) is 1. The van der Waals surface area contributed by atoms with Gasteiger partial charge in [-0.1, -0.05) is 13.0 Å². The molecule has 0 radical (unpaired) electrons. The lowest BCUT2D eigenvalue weighted by molar-refractivity contribution is 0.0691. The molecule has 1 amide bonds. The molecular formula is C19H20N4O. The van der Waals surface area contributed by atoms with Crippen LogP contribution in [0.5, 0.6) is 0 Å². The van der Waals surface area contributed by atoms with Gasteiger partial charge in [0, 0.05) is 18.8 Å². The predicted octanol–water partition coefficient (Wildman–Crippen LogP) is 3.57. The number of benzene rings is 1. The van der Waals surface area contributed by atoms with E-state index in [-0.39, 0.29) is 5.91 Å². The lowest BCUT2D eigenvalue weighted by atomic mass is 9.99. The number of pyridine rings is 1. The molecule has 0 atom stereocenters. The van der Waals surface area contributed by atoms with Gasteiger partial charge in [-0.15, -0.1) is 0 Å². The third-order valence-corrected chi connectivity index (χ3v) is 4.33. The molecule has 1 aromatic carbocycles. The number of amides is 1. The van der Waals surface area contributed by atoms with Crippen LogP contribution in [0, 0.1) is 17.2 Å². The van der Waals surface area contributed by atoms with Crippen molar-refractivity contribution in [2.45, 2.75) is 19.8 Å². The van der Waals surface area contributed by atoms with E-state index in [0.29, 0.717) is 17.2 Å². The number of aromatic nitrogens is 1. The van der Waals surface area contributed by atoms with Gasteiger partial charge in [-0.2, -0.15) is 5.26 Å². The highest BCUT2D eigenvalue weighted by molar-refractivity contribution is 5.92. The number of nitrogens with zero attached hydrogens (tertiary/aromatic N) is 3. The van der Waals surface area contributed by atoms with Crippen molar-refractivity contribution in [2.24, 2.45) is 5.92 Å². The molecular weight excluding hydrogens is 300 g/mol. The highest BCUT2D eigenvalue weighted by atomic mass is 16.2. The summed E-state index contributed by atoms with van der Waals surface area (Å²) >= 11 is 0. The molecule has 5 nitrogen and oxygen atoms in total. The van der Waals surface area contributed by atoms with E-state index >= 15 is 0 Å². The van der Waals surface area contributed by atoms with Gasteiger partial charge in [-0.05, 0) is 49.1 Å². The Hall–Kier alpha value is -2.87. The average Bonchev–Trinajstić information content (AvgIpc) is 2.62. The van der Waals surface area contributed by atoms with Gasteiger partial charge in [0.1, 0.15) is 5.69 Å². The fraction of sp³-hybridized carbons (Fsp3) is 0.316. The number of nitriles is 1. The third-order valence-electron chi connectivity index (χ3n) is 4.33. The second-order valence-corrected chi connectivity index (χ2v) is 6.22. The van der Waals surface area contributed by atoms with Gasteiger partial charge in [0.2, 0.25) is 0 Å². The number of piperidine rings is 1. The first-order valence-electron chi connectivity index (χ1n) is 8.18. The number of nitrogens with one attached hydrogen (secondary N) is 1. The molecule has 0 bridgehead atoms. The fourth-order valence-corrected chi connectivity index (χ4v) is 2.80. The molecule has 5 heteroatoms. The number of hydrogen-bond acceptors (Lipinski definition) is 4. The van der Waals surface area contributed by atoms with Crippen LogP contribution in [0.15, 0.2) is 42.6 Å². The van der Waals surface area contributed by atoms with Crippen LogP contribution in [-0.4, -0.2) is 28.9 Å². The van der Waals surface area contributed by atoms with Crippen LogP contribution >= 0.6 is 0 Å². The Morgan fingerprint density at radius 1 is 1.25 bits per heavy atom. The summed E-state index contributed by atoms with van der Waals surface area (Å²) in [6, 6.07) is 12.9. The van der Waals surface area contributed by atoms with E-state index in [1.807, 2.05) is 23.1 Å². The average molecular weight is 320 g/mol. The molecule has 2 aromatic rings. The summed E-state index contributed by atoms with van der Waals surface area (Å²) in [6.07, 6.45) is 3.76. The number of rotatable bonds is 3. The molecule has 1 N–H and O–H groups in total. The number of anilines is 2. The summed E-state index contributed by atoms with van der Waals surface area (Å²) in [7, 11) is 0. The second-order valence-electron chi connectivity index (χ2n) is 6.22. The molecule has 1 fully saturated rings. The number of likely N-dealkylation sites (tertiary alicyclic amines) is 1. The van der Waals surface area contributed by atoms with E-state index in [9.17, 15) is 4.79 Å². The largest absolute Gasteiger partial charge is 0.354 e. The van der Waals surface area contributed by atoms with Gasteiger partial charge in [0.15, 0.2) is 0 Å². The zero-order valence-electron chi connectivity index (χ0n) is 13.7. The Labute approximate surface area is 141 Å². The van der Waals surface area contributed by atoms with Crippen molar-refractivity contribution in [3.63, 3.8) is 0 Å². The third kappa shape index (κ3) is 3.72. The first-order chi connectivity index (χ1) is 11.7. The quantitative estimate of drug-likeness (QED) is 0.938. The molecule has 0 spiro atoms. The summed E-state index contributed by atoms with van der Waals surface area (Å²) in [4.78, 5) is 18.6. The lowest BCUT2D eigenvalue weighted by Crippen LogP contribution is -2.38. The maximum Gasteiger partial charge on any atom is 0.272 e. The first-order valence-corrected chi connectivity index (χ1v) is 8.18. The summed E-state index contributed by atoms with van der Waals surface area (Å²) in [6.45, 7) is 3.84. The van der Waals surface area contributed by atoms with Crippen LogP contribution in [-0.2, 0) is 0 Å². The van der Waals surface area contributed by atoms with E-state index in [0.717, 1.165) is 37.3 Å². The zero-order chi connectivity index (χ0) is 16.9. The van der Waals surface area contributed by atoms with Gasteiger partial charge in [-0.25, -0.2) is 4.98 Å². The molecule has 1 aliphatic heterocycles. The van der Waals surface area contributed by atoms with Gasteiger partial charge in [-0.3, -0.25) is 4.79 Å². The Balaban J connectivity index is 1.67. The smallest absolute Gasteiger partial charge is 0.272 e. The topological polar surface area (TPSA) is 69.0 Å². The fourth-order valence-electron chi connectivity index (χ4n) is 2.80. The normalized spacial score (nSPS) is 14.9. The van der Waals surface area contributed by atoms with Crippen molar-refractivity contribution in [3.8, 4) is 6.07 Å². The SMILES string of the molecule is CC1CCN(C(=O)c2ccc(Nc3cccc(C#N)c3)cn2)CC1.